The summed E-state index contributed by atoms with van der Waals surface area (Å²) in [5.74, 6) is 0.00104. The first kappa shape index (κ1) is 22.4. The number of hydrogen-bond acceptors (Lipinski definition) is 4. The summed E-state index contributed by atoms with van der Waals surface area (Å²) in [7, 11) is 0. The number of amides is 1. The van der Waals surface area contributed by atoms with E-state index in [4.69, 9.17) is 32.9 Å². The van der Waals surface area contributed by atoms with Gasteiger partial charge in [0, 0.05) is 64.6 Å². The Bertz CT molecular complexity index is 1250. The smallest absolute Gasteiger partial charge is 0.253 e. The summed E-state index contributed by atoms with van der Waals surface area (Å²) in [6.07, 6.45) is 4.90. The van der Waals surface area contributed by atoms with E-state index in [2.05, 4.69) is 16.0 Å². The third kappa shape index (κ3) is 5.09. The molecule has 0 radical (unpaired) electrons. The predicted octanol–water partition coefficient (Wildman–Crippen LogP) is 6.23. The van der Waals surface area contributed by atoms with Crippen molar-refractivity contribution in [3.8, 4) is 11.3 Å². The minimum atomic E-state index is 0.00104. The average molecular weight is 500 g/mol. The van der Waals surface area contributed by atoms with Crippen LogP contribution in [0.5, 0.6) is 0 Å². The SMILES string of the molecule is O=C(c1ccc(Cl)cc1)N(CCc1csc2nc(-c3ccc(Cl)cc3)cn12)CC1CCCO1. The first-order valence-electron chi connectivity index (χ1n) is 10.9. The number of aromatic nitrogens is 2. The third-order valence-corrected chi connectivity index (χ3v) is 7.28. The molecule has 8 heteroatoms. The molecule has 1 amide bonds. The number of imidazole rings is 1. The molecule has 1 aliphatic heterocycles. The first-order chi connectivity index (χ1) is 16.1. The van der Waals surface area contributed by atoms with Crippen molar-refractivity contribution in [2.75, 3.05) is 19.7 Å². The van der Waals surface area contributed by atoms with Crippen molar-refractivity contribution >= 4 is 45.4 Å². The summed E-state index contributed by atoms with van der Waals surface area (Å²) in [4.78, 5) is 20.9. The highest BCUT2D eigenvalue weighted by Gasteiger charge is 2.24. The molecular weight excluding hydrogens is 477 g/mol. The lowest BCUT2D eigenvalue weighted by Gasteiger charge is -2.25. The van der Waals surface area contributed by atoms with Gasteiger partial charge in [0.05, 0.1) is 11.8 Å². The highest BCUT2D eigenvalue weighted by Crippen LogP contribution is 2.25. The number of carbonyl (C=O) groups excluding carboxylic acids is 1. The van der Waals surface area contributed by atoms with Gasteiger partial charge in [0.1, 0.15) is 0 Å². The molecule has 1 saturated heterocycles. The number of carbonyl (C=O) groups is 1. The number of hydrogen-bond donors (Lipinski definition) is 0. The monoisotopic (exact) mass is 499 g/mol. The lowest BCUT2D eigenvalue weighted by Crippen LogP contribution is -2.38. The predicted molar refractivity (Wildman–Crippen MR) is 134 cm³/mol. The topological polar surface area (TPSA) is 46.8 Å². The van der Waals surface area contributed by atoms with Gasteiger partial charge in [-0.05, 0) is 49.2 Å². The van der Waals surface area contributed by atoms with Crippen LogP contribution >= 0.6 is 34.5 Å². The van der Waals surface area contributed by atoms with Gasteiger partial charge in [-0.15, -0.1) is 11.3 Å². The third-order valence-electron chi connectivity index (χ3n) is 5.89. The minimum Gasteiger partial charge on any atom is -0.376 e. The fraction of sp³-hybridized carbons (Fsp3) is 0.280. The highest BCUT2D eigenvalue weighted by atomic mass is 35.5. The van der Waals surface area contributed by atoms with Crippen LogP contribution in [0.2, 0.25) is 10.0 Å². The van der Waals surface area contributed by atoms with Crippen LogP contribution in [0.25, 0.3) is 16.2 Å². The molecule has 5 nitrogen and oxygen atoms in total. The number of ether oxygens (including phenoxy) is 1. The van der Waals surface area contributed by atoms with Crippen LogP contribution in [0, 0.1) is 0 Å². The second-order valence-electron chi connectivity index (χ2n) is 8.16. The van der Waals surface area contributed by atoms with Crippen LogP contribution in [-0.4, -0.2) is 46.0 Å². The summed E-state index contributed by atoms with van der Waals surface area (Å²) < 4.78 is 7.94. The molecule has 0 N–H and O–H groups in total. The lowest BCUT2D eigenvalue weighted by molar-refractivity contribution is 0.0528. The van der Waals surface area contributed by atoms with Crippen molar-refractivity contribution in [1.82, 2.24) is 14.3 Å². The Kier molecular flexibility index (Phi) is 6.69. The van der Waals surface area contributed by atoms with Gasteiger partial charge in [-0.3, -0.25) is 9.20 Å². The Balaban J connectivity index is 1.35. The van der Waals surface area contributed by atoms with Gasteiger partial charge in [0.2, 0.25) is 0 Å². The van der Waals surface area contributed by atoms with Gasteiger partial charge in [-0.2, -0.15) is 0 Å². The minimum absolute atomic E-state index is 0.00104. The zero-order valence-corrected chi connectivity index (χ0v) is 20.2. The van der Waals surface area contributed by atoms with Gasteiger partial charge >= 0.3 is 0 Å². The van der Waals surface area contributed by atoms with E-state index < -0.39 is 0 Å². The fourth-order valence-corrected chi connectivity index (χ4v) is 5.26. The Morgan fingerprint density at radius 1 is 1.12 bits per heavy atom. The molecule has 170 valence electrons. The van der Waals surface area contributed by atoms with E-state index >= 15 is 0 Å². The molecule has 2 aromatic carbocycles. The van der Waals surface area contributed by atoms with Crippen molar-refractivity contribution < 1.29 is 9.53 Å². The normalized spacial score (nSPS) is 15.9. The molecule has 1 atom stereocenters. The van der Waals surface area contributed by atoms with Gasteiger partial charge in [0.25, 0.3) is 5.91 Å². The van der Waals surface area contributed by atoms with E-state index in [-0.39, 0.29) is 12.0 Å². The highest BCUT2D eigenvalue weighted by molar-refractivity contribution is 7.15. The Morgan fingerprint density at radius 3 is 2.55 bits per heavy atom. The van der Waals surface area contributed by atoms with Crippen molar-refractivity contribution in [3.63, 3.8) is 0 Å². The molecule has 1 aliphatic rings. The van der Waals surface area contributed by atoms with E-state index in [1.807, 2.05) is 29.2 Å². The molecule has 5 rings (SSSR count). The average Bonchev–Trinajstić information content (AvgIpc) is 3.56. The molecule has 33 heavy (non-hydrogen) atoms. The summed E-state index contributed by atoms with van der Waals surface area (Å²) in [6.45, 7) is 1.96. The van der Waals surface area contributed by atoms with E-state index in [9.17, 15) is 4.79 Å². The molecule has 2 aromatic heterocycles. The number of fused-ring (bicyclic) bond motifs is 1. The van der Waals surface area contributed by atoms with Crippen LogP contribution in [0.1, 0.15) is 28.9 Å². The first-order valence-corrected chi connectivity index (χ1v) is 12.6. The number of nitrogens with zero attached hydrogens (tertiary/aromatic N) is 3. The molecular formula is C25H23Cl2N3O2S. The van der Waals surface area contributed by atoms with Gasteiger partial charge in [0.15, 0.2) is 4.96 Å². The Morgan fingerprint density at radius 2 is 1.85 bits per heavy atom. The number of rotatable bonds is 7. The van der Waals surface area contributed by atoms with E-state index in [0.29, 0.717) is 28.7 Å². The maximum Gasteiger partial charge on any atom is 0.253 e. The van der Waals surface area contributed by atoms with E-state index in [1.165, 1.54) is 0 Å². The standard InChI is InChI=1S/C25H23Cl2N3O2S/c26-19-7-3-17(4-8-19)23-15-30-21(16-33-25(30)28-23)11-12-29(14-22-2-1-13-32-22)24(31)18-5-9-20(27)10-6-18/h3-10,15-16,22H,1-2,11-14H2. The van der Waals surface area contributed by atoms with Gasteiger partial charge < -0.3 is 9.64 Å². The zero-order valence-electron chi connectivity index (χ0n) is 17.9. The molecule has 4 aromatic rings. The molecule has 3 heterocycles. The summed E-state index contributed by atoms with van der Waals surface area (Å²) >= 11 is 13.6. The summed E-state index contributed by atoms with van der Waals surface area (Å²) in [6, 6.07) is 14.8. The molecule has 1 unspecified atom stereocenters. The van der Waals surface area contributed by atoms with Crippen LogP contribution in [0.3, 0.4) is 0 Å². The number of thiazole rings is 1. The molecule has 1 fully saturated rings. The lowest BCUT2D eigenvalue weighted by atomic mass is 10.1. The molecule has 0 spiro atoms. The Labute approximate surface area is 206 Å². The zero-order chi connectivity index (χ0) is 22.8. The maximum absolute atomic E-state index is 13.3. The summed E-state index contributed by atoms with van der Waals surface area (Å²) in [5, 5.41) is 3.44. The van der Waals surface area contributed by atoms with Crippen molar-refractivity contribution in [1.29, 1.82) is 0 Å². The number of halogens is 2. The van der Waals surface area contributed by atoms with E-state index in [0.717, 1.165) is 47.8 Å². The number of benzene rings is 2. The fourth-order valence-electron chi connectivity index (χ4n) is 4.10. The van der Waals surface area contributed by atoms with Crippen LogP contribution in [0.15, 0.2) is 60.1 Å². The largest absolute Gasteiger partial charge is 0.376 e. The van der Waals surface area contributed by atoms with Crippen molar-refractivity contribution in [2.45, 2.75) is 25.4 Å². The maximum atomic E-state index is 13.3. The second-order valence-corrected chi connectivity index (χ2v) is 9.87. The second kappa shape index (κ2) is 9.85. The quantitative estimate of drug-likeness (QED) is 0.302. The molecule has 0 aliphatic carbocycles. The van der Waals surface area contributed by atoms with E-state index in [1.54, 1.807) is 35.6 Å². The Hall–Kier alpha value is -2.38. The van der Waals surface area contributed by atoms with Crippen LogP contribution in [0.4, 0.5) is 0 Å². The van der Waals surface area contributed by atoms with Gasteiger partial charge in [-0.1, -0.05) is 35.3 Å². The van der Waals surface area contributed by atoms with Crippen molar-refractivity contribution in [3.05, 3.63) is 81.4 Å². The van der Waals surface area contributed by atoms with Gasteiger partial charge in [-0.25, -0.2) is 4.98 Å². The van der Waals surface area contributed by atoms with Crippen molar-refractivity contribution in [2.24, 2.45) is 0 Å². The van der Waals surface area contributed by atoms with Crippen LogP contribution in [-0.2, 0) is 11.2 Å². The summed E-state index contributed by atoms with van der Waals surface area (Å²) in [5.41, 5.74) is 3.71. The molecule has 0 bridgehead atoms. The molecule has 0 saturated carbocycles. The van der Waals surface area contributed by atoms with Crippen LogP contribution < -0.4 is 0 Å².